The molecule has 0 fully saturated rings. The first-order valence-electron chi connectivity index (χ1n) is 11.3. The molecule has 0 spiro atoms. The SMILES string of the molecule is CCOC(=O)N(N=O)C(c1c(C)cc(C(C)(C)C)cc1C)c1c(Br)cc(-c2cccnc2)cc1Br. The van der Waals surface area contributed by atoms with Gasteiger partial charge in [0.2, 0.25) is 0 Å². The summed E-state index contributed by atoms with van der Waals surface area (Å²) in [5, 5.41) is 4.01. The van der Waals surface area contributed by atoms with Gasteiger partial charge in [-0.05, 0) is 72.2 Å². The monoisotopic (exact) mass is 601 g/mol. The Morgan fingerprint density at radius 3 is 2.11 bits per heavy atom. The standard InChI is InChI=1S/C27H29Br2N3O3/c1-7-35-26(33)32(31-34)25(23-16(2)11-20(12-17(23)3)27(4,5)6)24-21(28)13-19(14-22(24)29)18-9-8-10-30-15-18/h8-15,25H,7H2,1-6H3. The number of pyridine rings is 1. The third-order valence-electron chi connectivity index (χ3n) is 5.87. The molecule has 3 rings (SSSR count). The fourth-order valence-electron chi connectivity index (χ4n) is 4.15. The Hall–Kier alpha value is -2.58. The lowest BCUT2D eigenvalue weighted by atomic mass is 9.81. The van der Waals surface area contributed by atoms with Crippen molar-refractivity contribution < 1.29 is 9.53 Å². The minimum Gasteiger partial charge on any atom is -0.448 e. The molecular weight excluding hydrogens is 574 g/mol. The van der Waals surface area contributed by atoms with Crippen LogP contribution in [0.25, 0.3) is 11.1 Å². The molecule has 0 saturated heterocycles. The first-order chi connectivity index (χ1) is 16.5. The van der Waals surface area contributed by atoms with Gasteiger partial charge in [0.05, 0.1) is 11.9 Å². The Morgan fingerprint density at radius 2 is 1.66 bits per heavy atom. The molecule has 1 heterocycles. The van der Waals surface area contributed by atoms with Crippen molar-refractivity contribution in [2.45, 2.75) is 53.0 Å². The highest BCUT2D eigenvalue weighted by Crippen LogP contribution is 2.44. The number of hydrogen-bond acceptors (Lipinski definition) is 5. The second-order valence-electron chi connectivity index (χ2n) is 9.40. The van der Waals surface area contributed by atoms with Gasteiger partial charge in [0.1, 0.15) is 6.04 Å². The predicted molar refractivity (Wildman–Crippen MR) is 146 cm³/mol. The zero-order valence-electron chi connectivity index (χ0n) is 20.7. The first kappa shape index (κ1) is 27.0. The van der Waals surface area contributed by atoms with Crippen LogP contribution in [0.5, 0.6) is 0 Å². The van der Waals surface area contributed by atoms with Crippen molar-refractivity contribution in [1.82, 2.24) is 9.99 Å². The molecule has 0 bridgehead atoms. The molecule has 8 heteroatoms. The maximum Gasteiger partial charge on any atom is 0.433 e. The number of amides is 1. The molecule has 0 aliphatic rings. The fraction of sp³-hybridized carbons (Fsp3) is 0.333. The number of rotatable bonds is 6. The lowest BCUT2D eigenvalue weighted by Gasteiger charge is -2.31. The Labute approximate surface area is 223 Å². The van der Waals surface area contributed by atoms with Crippen molar-refractivity contribution >= 4 is 38.0 Å². The Balaban J connectivity index is 2.29. The summed E-state index contributed by atoms with van der Waals surface area (Å²) in [5.74, 6) is 0. The van der Waals surface area contributed by atoms with Crippen LogP contribution in [0.1, 0.15) is 61.6 Å². The smallest absolute Gasteiger partial charge is 0.433 e. The largest absolute Gasteiger partial charge is 0.448 e. The van der Waals surface area contributed by atoms with Crippen LogP contribution in [0.2, 0.25) is 0 Å². The second-order valence-corrected chi connectivity index (χ2v) is 11.1. The highest BCUT2D eigenvalue weighted by Gasteiger charge is 2.35. The van der Waals surface area contributed by atoms with Crippen LogP contribution in [-0.4, -0.2) is 22.7 Å². The van der Waals surface area contributed by atoms with Crippen LogP contribution in [0, 0.1) is 18.8 Å². The molecule has 1 atom stereocenters. The minimum atomic E-state index is -0.813. The highest BCUT2D eigenvalue weighted by molar-refractivity contribution is 9.11. The number of nitrogens with zero attached hydrogens (tertiary/aromatic N) is 3. The fourth-order valence-corrected chi connectivity index (χ4v) is 5.77. The van der Waals surface area contributed by atoms with Gasteiger partial charge in [-0.3, -0.25) is 4.98 Å². The molecule has 184 valence electrons. The normalized spacial score (nSPS) is 12.2. The predicted octanol–water partition coefficient (Wildman–Crippen LogP) is 8.42. The van der Waals surface area contributed by atoms with E-state index in [-0.39, 0.29) is 12.0 Å². The van der Waals surface area contributed by atoms with Crippen LogP contribution < -0.4 is 0 Å². The second kappa shape index (κ2) is 11.0. The highest BCUT2D eigenvalue weighted by atomic mass is 79.9. The van der Waals surface area contributed by atoms with Crippen molar-refractivity contribution in [3.8, 4) is 11.1 Å². The topological polar surface area (TPSA) is 71.9 Å². The number of aryl methyl sites for hydroxylation is 2. The Bertz CT molecular complexity index is 1190. The van der Waals surface area contributed by atoms with Gasteiger partial charge < -0.3 is 4.74 Å². The summed E-state index contributed by atoms with van der Waals surface area (Å²) in [5.41, 5.74) is 6.40. The number of benzene rings is 2. The molecule has 1 aromatic heterocycles. The minimum absolute atomic E-state index is 0.0557. The molecule has 35 heavy (non-hydrogen) atoms. The van der Waals surface area contributed by atoms with Crippen LogP contribution >= 0.6 is 31.9 Å². The van der Waals surface area contributed by atoms with Gasteiger partial charge in [0.25, 0.3) is 0 Å². The summed E-state index contributed by atoms with van der Waals surface area (Å²) < 4.78 is 6.63. The van der Waals surface area contributed by atoms with Gasteiger partial charge in [-0.2, -0.15) is 0 Å². The first-order valence-corrected chi connectivity index (χ1v) is 12.9. The van der Waals surface area contributed by atoms with E-state index in [9.17, 15) is 9.70 Å². The molecule has 0 radical (unpaired) electrons. The molecule has 0 saturated carbocycles. The van der Waals surface area contributed by atoms with E-state index in [1.807, 2.05) is 38.1 Å². The number of aromatic nitrogens is 1. The molecule has 2 aromatic carbocycles. The van der Waals surface area contributed by atoms with Gasteiger partial charge in [-0.25, -0.2) is 4.79 Å². The van der Waals surface area contributed by atoms with E-state index in [2.05, 4.69) is 75.0 Å². The summed E-state index contributed by atoms with van der Waals surface area (Å²) in [7, 11) is 0. The number of nitroso groups, excluding NO2 is 1. The van der Waals surface area contributed by atoms with Crippen molar-refractivity contribution in [3.63, 3.8) is 0 Å². The lowest BCUT2D eigenvalue weighted by Crippen LogP contribution is -2.33. The molecule has 6 nitrogen and oxygen atoms in total. The van der Waals surface area contributed by atoms with Gasteiger partial charge in [0, 0.05) is 32.5 Å². The number of ether oxygens (including phenoxy) is 1. The zero-order valence-corrected chi connectivity index (χ0v) is 23.9. The number of carbonyl (C=O) groups excluding carboxylic acids is 1. The van der Waals surface area contributed by atoms with Crippen LogP contribution in [0.3, 0.4) is 0 Å². The molecule has 0 N–H and O–H groups in total. The molecule has 3 aromatic rings. The quantitative estimate of drug-likeness (QED) is 0.210. The Morgan fingerprint density at radius 1 is 1.06 bits per heavy atom. The van der Waals surface area contributed by atoms with E-state index in [1.54, 1.807) is 19.3 Å². The molecular formula is C27H29Br2N3O3. The summed E-state index contributed by atoms with van der Waals surface area (Å²) in [6.07, 6.45) is 2.70. The van der Waals surface area contributed by atoms with E-state index < -0.39 is 12.1 Å². The van der Waals surface area contributed by atoms with Gasteiger partial charge in [-0.15, -0.1) is 9.92 Å². The van der Waals surface area contributed by atoms with Crippen molar-refractivity contribution in [2.24, 2.45) is 5.29 Å². The summed E-state index contributed by atoms with van der Waals surface area (Å²) in [4.78, 5) is 29.2. The van der Waals surface area contributed by atoms with E-state index in [1.165, 1.54) is 5.56 Å². The molecule has 1 amide bonds. The summed E-state index contributed by atoms with van der Waals surface area (Å²) in [6, 6.07) is 11.1. The van der Waals surface area contributed by atoms with Gasteiger partial charge in [0.15, 0.2) is 0 Å². The third kappa shape index (κ3) is 5.81. The van der Waals surface area contributed by atoms with E-state index in [0.29, 0.717) is 14.5 Å². The van der Waals surface area contributed by atoms with Gasteiger partial charge >= 0.3 is 6.09 Å². The maximum absolute atomic E-state index is 12.9. The van der Waals surface area contributed by atoms with Crippen molar-refractivity contribution in [3.05, 3.63) is 90.5 Å². The van der Waals surface area contributed by atoms with E-state index in [4.69, 9.17) is 4.74 Å². The van der Waals surface area contributed by atoms with Crippen molar-refractivity contribution in [2.75, 3.05) is 6.61 Å². The van der Waals surface area contributed by atoms with Crippen LogP contribution in [0.15, 0.2) is 63.0 Å². The van der Waals surface area contributed by atoms with Crippen molar-refractivity contribution in [1.29, 1.82) is 0 Å². The number of halogens is 2. The van der Waals surface area contributed by atoms with Crippen LogP contribution in [-0.2, 0) is 10.2 Å². The van der Waals surface area contributed by atoms with Crippen LogP contribution in [0.4, 0.5) is 4.79 Å². The molecule has 0 aliphatic heterocycles. The maximum atomic E-state index is 12.9. The van der Waals surface area contributed by atoms with E-state index >= 15 is 0 Å². The lowest BCUT2D eigenvalue weighted by molar-refractivity contribution is 0.0965. The summed E-state index contributed by atoms with van der Waals surface area (Å²) >= 11 is 7.40. The number of hydrogen-bond donors (Lipinski definition) is 0. The number of carbonyl (C=O) groups is 1. The average Bonchev–Trinajstić information content (AvgIpc) is 2.78. The molecule has 1 unspecified atom stereocenters. The summed E-state index contributed by atoms with van der Waals surface area (Å²) in [6.45, 7) is 12.3. The Kier molecular flexibility index (Phi) is 8.49. The average molecular weight is 603 g/mol. The van der Waals surface area contributed by atoms with Gasteiger partial charge in [-0.1, -0.05) is 70.8 Å². The molecule has 0 aliphatic carbocycles. The zero-order chi connectivity index (χ0) is 25.9. The van der Waals surface area contributed by atoms with E-state index in [0.717, 1.165) is 32.8 Å². The third-order valence-corrected chi connectivity index (χ3v) is 7.18.